The summed E-state index contributed by atoms with van der Waals surface area (Å²) in [7, 11) is 0. The molecule has 126 valence electrons. The predicted octanol–water partition coefficient (Wildman–Crippen LogP) is 2.72. The number of carbonyl (C=O) groups excluding carboxylic acids is 2. The Morgan fingerprint density at radius 1 is 1.39 bits per heavy atom. The van der Waals surface area contributed by atoms with E-state index in [-0.39, 0.29) is 17.7 Å². The molecule has 0 bridgehead atoms. The molecule has 5 heteroatoms. The second-order valence-corrected chi connectivity index (χ2v) is 6.18. The maximum absolute atomic E-state index is 12.5. The maximum atomic E-state index is 12.5. The van der Waals surface area contributed by atoms with E-state index in [2.05, 4.69) is 5.32 Å². The van der Waals surface area contributed by atoms with Crippen LogP contribution in [0.25, 0.3) is 0 Å². The van der Waals surface area contributed by atoms with Gasteiger partial charge in [0.15, 0.2) is 0 Å². The number of carbonyl (C=O) groups is 2. The third kappa shape index (κ3) is 4.55. The zero-order chi connectivity index (χ0) is 16.8. The number of piperidine rings is 1. The Bertz CT molecular complexity index is 557. The summed E-state index contributed by atoms with van der Waals surface area (Å²) in [4.78, 5) is 26.4. The van der Waals surface area contributed by atoms with E-state index in [9.17, 15) is 14.7 Å². The smallest absolute Gasteiger partial charge is 0.229 e. The van der Waals surface area contributed by atoms with E-state index in [1.807, 2.05) is 19.1 Å². The Hall–Kier alpha value is -1.88. The lowest BCUT2D eigenvalue weighted by atomic mass is 9.96. The lowest BCUT2D eigenvalue weighted by Crippen LogP contribution is -2.43. The number of nitrogens with zero attached hydrogens (tertiary/aromatic N) is 1. The molecule has 0 aliphatic carbocycles. The summed E-state index contributed by atoms with van der Waals surface area (Å²) < 4.78 is 0. The topological polar surface area (TPSA) is 69.6 Å². The van der Waals surface area contributed by atoms with Crippen molar-refractivity contribution in [2.75, 3.05) is 18.4 Å². The molecule has 0 spiro atoms. The molecule has 0 aromatic heterocycles. The fourth-order valence-electron chi connectivity index (χ4n) is 3.00. The number of aliphatic hydroxyl groups is 1. The van der Waals surface area contributed by atoms with E-state index in [0.29, 0.717) is 24.2 Å². The molecule has 1 saturated heterocycles. The Kier molecular flexibility index (Phi) is 6.16. The number of likely N-dealkylation sites (tertiary alicyclic amines) is 1. The third-order valence-corrected chi connectivity index (χ3v) is 4.28. The molecule has 2 amide bonds. The second-order valence-electron chi connectivity index (χ2n) is 6.18. The van der Waals surface area contributed by atoms with Gasteiger partial charge in [-0.25, -0.2) is 0 Å². The molecule has 2 unspecified atom stereocenters. The van der Waals surface area contributed by atoms with Crippen LogP contribution in [0.15, 0.2) is 24.3 Å². The van der Waals surface area contributed by atoms with Gasteiger partial charge in [0.25, 0.3) is 0 Å². The Morgan fingerprint density at radius 3 is 2.83 bits per heavy atom. The van der Waals surface area contributed by atoms with Crippen molar-refractivity contribution in [2.24, 2.45) is 5.92 Å². The average Bonchev–Trinajstić information content (AvgIpc) is 2.55. The van der Waals surface area contributed by atoms with Crippen molar-refractivity contribution in [1.29, 1.82) is 0 Å². The molecule has 2 rings (SSSR count). The molecule has 1 aromatic carbocycles. The van der Waals surface area contributed by atoms with Gasteiger partial charge in [0.1, 0.15) is 0 Å². The monoisotopic (exact) mass is 318 g/mol. The van der Waals surface area contributed by atoms with E-state index in [0.717, 1.165) is 25.8 Å². The first-order valence-corrected chi connectivity index (χ1v) is 8.38. The molecule has 1 aliphatic heterocycles. The van der Waals surface area contributed by atoms with Crippen LogP contribution in [-0.4, -0.2) is 34.9 Å². The van der Waals surface area contributed by atoms with Crippen molar-refractivity contribution in [3.8, 4) is 0 Å². The van der Waals surface area contributed by atoms with Crippen molar-refractivity contribution in [2.45, 2.75) is 45.6 Å². The number of nitrogens with one attached hydrogen (secondary N) is 1. The van der Waals surface area contributed by atoms with Crippen molar-refractivity contribution >= 4 is 17.5 Å². The van der Waals surface area contributed by atoms with Crippen molar-refractivity contribution in [3.05, 3.63) is 29.8 Å². The van der Waals surface area contributed by atoms with Crippen LogP contribution in [0.2, 0.25) is 0 Å². The Balaban J connectivity index is 2.02. The third-order valence-electron chi connectivity index (χ3n) is 4.28. The van der Waals surface area contributed by atoms with Gasteiger partial charge in [-0.1, -0.05) is 25.1 Å². The summed E-state index contributed by atoms with van der Waals surface area (Å²) in [5.41, 5.74) is 1.35. The molecule has 23 heavy (non-hydrogen) atoms. The van der Waals surface area contributed by atoms with Crippen molar-refractivity contribution in [3.63, 3.8) is 0 Å². The first kappa shape index (κ1) is 17.5. The minimum Gasteiger partial charge on any atom is -0.389 e. The van der Waals surface area contributed by atoms with Crippen LogP contribution in [0.4, 0.5) is 5.69 Å². The minimum absolute atomic E-state index is 0.0768. The van der Waals surface area contributed by atoms with Crippen LogP contribution in [0.3, 0.4) is 0 Å². The van der Waals surface area contributed by atoms with Crippen LogP contribution in [0.5, 0.6) is 0 Å². The van der Waals surface area contributed by atoms with Crippen LogP contribution < -0.4 is 5.32 Å². The van der Waals surface area contributed by atoms with Gasteiger partial charge in [-0.2, -0.15) is 0 Å². The Labute approximate surface area is 137 Å². The number of amides is 2. The number of anilines is 1. The first-order valence-electron chi connectivity index (χ1n) is 8.38. The normalized spacial score (nSPS) is 19.3. The summed E-state index contributed by atoms with van der Waals surface area (Å²) >= 11 is 0. The molecule has 2 atom stereocenters. The van der Waals surface area contributed by atoms with Gasteiger partial charge in [0.2, 0.25) is 11.8 Å². The van der Waals surface area contributed by atoms with E-state index in [1.165, 1.54) is 0 Å². The van der Waals surface area contributed by atoms with Crippen LogP contribution in [0, 0.1) is 5.92 Å². The first-order chi connectivity index (χ1) is 11.0. The highest BCUT2D eigenvalue weighted by molar-refractivity contribution is 5.94. The van der Waals surface area contributed by atoms with Crippen molar-refractivity contribution in [1.82, 2.24) is 4.90 Å². The van der Waals surface area contributed by atoms with E-state index in [1.54, 1.807) is 24.0 Å². The number of para-hydroxylation sites is 1. The van der Waals surface area contributed by atoms with Crippen LogP contribution in [-0.2, 0) is 9.59 Å². The molecular formula is C18H26N2O3. The summed E-state index contributed by atoms with van der Waals surface area (Å²) in [6.45, 7) is 4.89. The molecule has 0 saturated carbocycles. The molecule has 1 heterocycles. The van der Waals surface area contributed by atoms with E-state index < -0.39 is 6.10 Å². The molecule has 1 aliphatic rings. The number of hydrogen-bond donors (Lipinski definition) is 2. The molecule has 1 aromatic rings. The molecule has 2 N–H and O–H groups in total. The van der Waals surface area contributed by atoms with E-state index in [4.69, 9.17) is 0 Å². The quantitative estimate of drug-likeness (QED) is 0.877. The number of aliphatic hydroxyl groups excluding tert-OH is 1. The fraction of sp³-hybridized carbons (Fsp3) is 0.556. The average molecular weight is 318 g/mol. The summed E-state index contributed by atoms with van der Waals surface area (Å²) in [5.74, 6) is -0.131. The lowest BCUT2D eigenvalue weighted by molar-refractivity contribution is -0.134. The van der Waals surface area contributed by atoms with E-state index >= 15 is 0 Å². The number of benzene rings is 1. The molecule has 0 radical (unpaired) electrons. The number of hydrogen-bond acceptors (Lipinski definition) is 3. The summed E-state index contributed by atoms with van der Waals surface area (Å²) in [6.07, 6.45) is 2.37. The zero-order valence-electron chi connectivity index (χ0n) is 13.9. The molecular weight excluding hydrogens is 292 g/mol. The van der Waals surface area contributed by atoms with Gasteiger partial charge in [0, 0.05) is 30.8 Å². The fourth-order valence-corrected chi connectivity index (χ4v) is 3.00. The maximum Gasteiger partial charge on any atom is 0.229 e. The predicted molar refractivity (Wildman–Crippen MR) is 89.9 cm³/mol. The van der Waals surface area contributed by atoms with Gasteiger partial charge in [0.05, 0.1) is 12.0 Å². The zero-order valence-corrected chi connectivity index (χ0v) is 13.9. The molecule has 1 fully saturated rings. The number of rotatable bonds is 5. The summed E-state index contributed by atoms with van der Waals surface area (Å²) in [5, 5.41) is 12.7. The highest BCUT2D eigenvalue weighted by Gasteiger charge is 2.28. The molecule has 5 nitrogen and oxygen atoms in total. The van der Waals surface area contributed by atoms with Crippen LogP contribution in [0.1, 0.15) is 51.2 Å². The standard InChI is InChI=1S/C18H26N2O3/c1-3-7-17(22)20-11-6-8-14(12-20)18(23)19-16-10-5-4-9-15(16)13(2)21/h4-5,9-10,13-14,21H,3,6-8,11-12H2,1-2H3,(H,19,23). The second kappa shape index (κ2) is 8.11. The largest absolute Gasteiger partial charge is 0.389 e. The Morgan fingerprint density at radius 2 is 2.13 bits per heavy atom. The highest BCUT2D eigenvalue weighted by atomic mass is 16.3. The summed E-state index contributed by atoms with van der Waals surface area (Å²) in [6, 6.07) is 7.27. The van der Waals surface area contributed by atoms with Gasteiger partial charge < -0.3 is 15.3 Å². The van der Waals surface area contributed by atoms with Crippen molar-refractivity contribution < 1.29 is 14.7 Å². The minimum atomic E-state index is -0.638. The SMILES string of the molecule is CCCC(=O)N1CCCC(C(=O)Nc2ccccc2C(C)O)C1. The van der Waals surface area contributed by atoms with Gasteiger partial charge >= 0.3 is 0 Å². The van der Waals surface area contributed by atoms with Gasteiger partial charge in [-0.05, 0) is 32.3 Å². The van der Waals surface area contributed by atoms with Crippen LogP contribution >= 0.6 is 0 Å². The van der Waals surface area contributed by atoms with Gasteiger partial charge in [-0.15, -0.1) is 0 Å². The highest BCUT2D eigenvalue weighted by Crippen LogP contribution is 2.24. The van der Waals surface area contributed by atoms with Gasteiger partial charge in [-0.3, -0.25) is 9.59 Å². The lowest BCUT2D eigenvalue weighted by Gasteiger charge is -2.32.